The van der Waals surface area contributed by atoms with Gasteiger partial charge in [0.05, 0.1) is 34.5 Å². The van der Waals surface area contributed by atoms with E-state index in [1.165, 1.54) is 0 Å². The molecule has 1 aliphatic rings. The number of carbonyl (C=O) groups is 1. The van der Waals surface area contributed by atoms with Gasteiger partial charge < -0.3 is 10.1 Å². The van der Waals surface area contributed by atoms with Crippen molar-refractivity contribution in [3.63, 3.8) is 0 Å². The van der Waals surface area contributed by atoms with Crippen LogP contribution < -0.4 is 5.32 Å². The molecule has 1 fully saturated rings. The van der Waals surface area contributed by atoms with Crippen LogP contribution in [0.4, 0.5) is 5.69 Å². The van der Waals surface area contributed by atoms with Crippen LogP contribution in [0.2, 0.25) is 10.0 Å². The fourth-order valence-electron chi connectivity index (χ4n) is 3.01. The number of nitrogens with one attached hydrogen (secondary N) is 1. The number of carbonyl (C=O) groups excluding carboxylic acids is 1. The molecule has 1 amide bonds. The number of nitrogens with zero attached hydrogens (tertiary/aromatic N) is 1. The average molecular weight is 379 g/mol. The van der Waals surface area contributed by atoms with Crippen molar-refractivity contribution < 1.29 is 9.53 Å². The van der Waals surface area contributed by atoms with Crippen LogP contribution in [0.3, 0.4) is 0 Å². The first-order chi connectivity index (χ1) is 12.0. The van der Waals surface area contributed by atoms with Crippen LogP contribution in [-0.4, -0.2) is 36.5 Å². The van der Waals surface area contributed by atoms with Crippen LogP contribution in [0.15, 0.2) is 48.5 Å². The lowest BCUT2D eigenvalue weighted by molar-refractivity contribution is -0.122. The van der Waals surface area contributed by atoms with E-state index in [-0.39, 0.29) is 24.7 Å². The summed E-state index contributed by atoms with van der Waals surface area (Å²) in [5.74, 6) is -0.120. The summed E-state index contributed by atoms with van der Waals surface area (Å²) in [4.78, 5) is 14.5. The fourth-order valence-corrected chi connectivity index (χ4v) is 3.36. The maximum absolute atomic E-state index is 12.4. The molecule has 2 atom stereocenters. The monoisotopic (exact) mass is 378 g/mol. The van der Waals surface area contributed by atoms with Gasteiger partial charge >= 0.3 is 0 Å². The number of morpholine rings is 1. The molecule has 0 aliphatic carbocycles. The van der Waals surface area contributed by atoms with E-state index in [9.17, 15) is 4.79 Å². The van der Waals surface area contributed by atoms with Crippen molar-refractivity contribution in [2.24, 2.45) is 0 Å². The van der Waals surface area contributed by atoms with Gasteiger partial charge in [-0.2, -0.15) is 0 Å². The normalized spacial score (nSPS) is 21.1. The molecule has 4 nitrogen and oxygen atoms in total. The lowest BCUT2D eigenvalue weighted by Crippen LogP contribution is -2.46. The quantitative estimate of drug-likeness (QED) is 0.857. The Labute approximate surface area is 157 Å². The summed E-state index contributed by atoms with van der Waals surface area (Å²) in [5, 5.41) is 3.61. The Bertz CT molecular complexity index is 739. The Balaban J connectivity index is 1.63. The smallest absolute Gasteiger partial charge is 0.238 e. The molecule has 25 heavy (non-hydrogen) atoms. The number of amides is 1. The number of benzene rings is 2. The van der Waals surface area contributed by atoms with Crippen molar-refractivity contribution in [3.8, 4) is 0 Å². The molecule has 2 aromatic carbocycles. The molecule has 0 bridgehead atoms. The molecule has 2 unspecified atom stereocenters. The minimum atomic E-state index is -0.120. The summed E-state index contributed by atoms with van der Waals surface area (Å²) in [7, 11) is 0. The first-order valence-corrected chi connectivity index (χ1v) is 8.95. The van der Waals surface area contributed by atoms with Crippen LogP contribution in [0.1, 0.15) is 18.6 Å². The van der Waals surface area contributed by atoms with Crippen LogP contribution in [0.25, 0.3) is 0 Å². The maximum atomic E-state index is 12.4. The van der Waals surface area contributed by atoms with Crippen LogP contribution in [0.5, 0.6) is 0 Å². The minimum absolute atomic E-state index is 0.0347. The van der Waals surface area contributed by atoms with Gasteiger partial charge in [-0.1, -0.05) is 59.6 Å². The maximum Gasteiger partial charge on any atom is 0.238 e. The van der Waals surface area contributed by atoms with E-state index in [0.717, 1.165) is 5.56 Å². The highest BCUT2D eigenvalue weighted by atomic mass is 35.5. The molecule has 1 saturated heterocycles. The van der Waals surface area contributed by atoms with Crippen LogP contribution in [0, 0.1) is 0 Å². The average Bonchev–Trinajstić information content (AvgIpc) is 2.59. The Kier molecular flexibility index (Phi) is 5.97. The zero-order valence-electron chi connectivity index (χ0n) is 13.9. The Morgan fingerprint density at radius 3 is 2.68 bits per heavy atom. The Morgan fingerprint density at radius 2 is 1.92 bits per heavy atom. The van der Waals surface area contributed by atoms with Crippen LogP contribution >= 0.6 is 23.2 Å². The van der Waals surface area contributed by atoms with E-state index in [1.54, 1.807) is 18.2 Å². The van der Waals surface area contributed by atoms with Gasteiger partial charge in [-0.05, 0) is 24.6 Å². The van der Waals surface area contributed by atoms with Gasteiger partial charge in [-0.15, -0.1) is 0 Å². The molecule has 1 heterocycles. The molecule has 0 spiro atoms. The zero-order chi connectivity index (χ0) is 17.8. The number of anilines is 1. The van der Waals surface area contributed by atoms with Crippen molar-refractivity contribution in [2.75, 3.05) is 25.0 Å². The highest BCUT2D eigenvalue weighted by molar-refractivity contribution is 6.43. The third-order valence-corrected chi connectivity index (χ3v) is 4.92. The number of ether oxygens (including phenoxy) is 1. The fraction of sp³-hybridized carbons (Fsp3) is 0.316. The van der Waals surface area contributed by atoms with Gasteiger partial charge in [-0.3, -0.25) is 9.69 Å². The number of halogens is 2. The molecule has 0 saturated carbocycles. The third-order valence-electron chi connectivity index (χ3n) is 4.10. The van der Waals surface area contributed by atoms with E-state index >= 15 is 0 Å². The Morgan fingerprint density at radius 1 is 1.16 bits per heavy atom. The Hall–Kier alpha value is -1.59. The van der Waals surface area contributed by atoms with Crippen LogP contribution in [-0.2, 0) is 9.53 Å². The second-order valence-electron chi connectivity index (χ2n) is 6.19. The first kappa shape index (κ1) is 18.2. The molecule has 3 rings (SSSR count). The first-order valence-electron chi connectivity index (χ1n) is 8.19. The minimum Gasteiger partial charge on any atom is -0.368 e. The summed E-state index contributed by atoms with van der Waals surface area (Å²) < 4.78 is 6.03. The predicted octanol–water partition coefficient (Wildman–Crippen LogP) is 4.39. The van der Waals surface area contributed by atoms with E-state index in [1.807, 2.05) is 37.3 Å². The zero-order valence-corrected chi connectivity index (χ0v) is 15.4. The lowest BCUT2D eigenvalue weighted by atomic mass is 10.1. The number of hydrogen-bond acceptors (Lipinski definition) is 3. The van der Waals surface area contributed by atoms with Gasteiger partial charge in [-0.25, -0.2) is 0 Å². The largest absolute Gasteiger partial charge is 0.368 e. The summed E-state index contributed by atoms with van der Waals surface area (Å²) in [6.07, 6.45) is 0.0222. The highest BCUT2D eigenvalue weighted by Crippen LogP contribution is 2.30. The van der Waals surface area contributed by atoms with E-state index < -0.39 is 0 Å². The standard InChI is InChI=1S/C19H20Cl2N2O2/c1-13-10-23(11-17(25-13)14-6-3-2-4-7-14)12-18(24)22-16-9-5-8-15(20)19(16)21/h2-9,13,17H,10-12H2,1H3,(H,22,24). The third kappa shape index (κ3) is 4.73. The summed E-state index contributed by atoms with van der Waals surface area (Å²) in [6.45, 7) is 3.68. The number of rotatable bonds is 4. The molecule has 1 N–H and O–H groups in total. The molecule has 2 aromatic rings. The molecule has 1 aliphatic heterocycles. The van der Waals surface area contributed by atoms with Crippen molar-refractivity contribution in [1.29, 1.82) is 0 Å². The second-order valence-corrected chi connectivity index (χ2v) is 6.97. The van der Waals surface area contributed by atoms with Crippen molar-refractivity contribution in [1.82, 2.24) is 4.90 Å². The highest BCUT2D eigenvalue weighted by Gasteiger charge is 2.27. The number of hydrogen-bond donors (Lipinski definition) is 1. The predicted molar refractivity (Wildman–Crippen MR) is 101 cm³/mol. The van der Waals surface area contributed by atoms with Crippen molar-refractivity contribution in [3.05, 3.63) is 64.1 Å². The van der Waals surface area contributed by atoms with Crippen molar-refractivity contribution in [2.45, 2.75) is 19.1 Å². The molecular weight excluding hydrogens is 359 g/mol. The molecule has 6 heteroatoms. The van der Waals surface area contributed by atoms with E-state index in [4.69, 9.17) is 27.9 Å². The van der Waals surface area contributed by atoms with Gasteiger partial charge in [0.15, 0.2) is 0 Å². The summed E-state index contributed by atoms with van der Waals surface area (Å²) >= 11 is 12.1. The summed E-state index contributed by atoms with van der Waals surface area (Å²) in [5.41, 5.74) is 1.65. The molecule has 132 valence electrons. The molecule has 0 radical (unpaired) electrons. The topological polar surface area (TPSA) is 41.6 Å². The van der Waals surface area contributed by atoms with Gasteiger partial charge in [0, 0.05) is 13.1 Å². The molecule has 0 aromatic heterocycles. The van der Waals surface area contributed by atoms with Gasteiger partial charge in [0.25, 0.3) is 0 Å². The van der Waals surface area contributed by atoms with Gasteiger partial charge in [0.2, 0.25) is 5.91 Å². The summed E-state index contributed by atoms with van der Waals surface area (Å²) in [6, 6.07) is 15.3. The van der Waals surface area contributed by atoms with E-state index in [2.05, 4.69) is 10.2 Å². The van der Waals surface area contributed by atoms with Gasteiger partial charge in [0.1, 0.15) is 0 Å². The van der Waals surface area contributed by atoms with E-state index in [0.29, 0.717) is 28.8 Å². The SMILES string of the molecule is CC1CN(CC(=O)Nc2cccc(Cl)c2Cl)CC(c2ccccc2)O1. The lowest BCUT2D eigenvalue weighted by Gasteiger charge is -2.36. The second kappa shape index (κ2) is 8.19. The molecular formula is C19H20Cl2N2O2. The van der Waals surface area contributed by atoms with Crippen molar-refractivity contribution >= 4 is 34.8 Å².